The molecule has 0 fully saturated rings. The summed E-state index contributed by atoms with van der Waals surface area (Å²) in [6.07, 6.45) is 4.32. The molecule has 0 spiro atoms. The zero-order chi connectivity index (χ0) is 36.3. The Balaban J connectivity index is 2.02. The number of hydrogen-bond donors (Lipinski definition) is 2. The fourth-order valence-electron chi connectivity index (χ4n) is 6.93. The summed E-state index contributed by atoms with van der Waals surface area (Å²) in [5.74, 6) is -0.599. The Morgan fingerprint density at radius 2 is 1.22 bits per heavy atom. The molecule has 0 aromatic carbocycles. The van der Waals surface area contributed by atoms with Gasteiger partial charge in [-0.3, -0.25) is 9.59 Å². The van der Waals surface area contributed by atoms with Gasteiger partial charge in [0.05, 0.1) is 37.0 Å². The maximum atomic E-state index is 12.3. The van der Waals surface area contributed by atoms with Gasteiger partial charge >= 0.3 is 11.9 Å². The van der Waals surface area contributed by atoms with Gasteiger partial charge in [-0.2, -0.15) is 10.5 Å². The summed E-state index contributed by atoms with van der Waals surface area (Å²) in [5.41, 5.74) is 14.7. The number of nitriles is 2. The van der Waals surface area contributed by atoms with E-state index in [2.05, 4.69) is 23.8 Å². The molecule has 0 atom stereocenters. The Kier molecular flexibility index (Phi) is 10.5. The summed E-state index contributed by atoms with van der Waals surface area (Å²) in [4.78, 5) is 42.1. The predicted molar refractivity (Wildman–Crippen MR) is 196 cm³/mol. The fourth-order valence-corrected chi connectivity index (χ4v) is 6.93. The summed E-state index contributed by atoms with van der Waals surface area (Å²) >= 11 is 0. The molecule has 2 N–H and O–H groups in total. The van der Waals surface area contributed by atoms with E-state index in [1.165, 1.54) is 14.2 Å². The van der Waals surface area contributed by atoms with Gasteiger partial charge in [0.15, 0.2) is 0 Å². The van der Waals surface area contributed by atoms with Crippen molar-refractivity contribution >= 4 is 62.4 Å². The molecule has 8 bridgehead atoms. The minimum absolute atomic E-state index is 0.0376. The summed E-state index contributed by atoms with van der Waals surface area (Å²) < 4.78 is 9.95. The number of rotatable bonds is 9. The molecule has 10 heteroatoms. The third kappa shape index (κ3) is 6.62. The van der Waals surface area contributed by atoms with Crippen LogP contribution in [0.2, 0.25) is 0 Å². The molecule has 0 unspecified atom stereocenters. The number of aromatic amines is 2. The van der Waals surface area contributed by atoms with Crippen molar-refractivity contribution in [2.24, 2.45) is 0 Å². The average molecular weight is 671 g/mol. The van der Waals surface area contributed by atoms with Crippen molar-refractivity contribution < 1.29 is 19.1 Å². The van der Waals surface area contributed by atoms with E-state index in [0.29, 0.717) is 42.6 Å². The quantitative estimate of drug-likeness (QED) is 0.170. The molecule has 5 heterocycles. The number of aryl methyl sites for hydroxylation is 4. The van der Waals surface area contributed by atoms with Crippen LogP contribution in [0.3, 0.4) is 0 Å². The number of H-pyrrole nitrogens is 2. The van der Waals surface area contributed by atoms with Crippen molar-refractivity contribution in [3.63, 3.8) is 0 Å². The van der Waals surface area contributed by atoms with Gasteiger partial charge in [-0.15, -0.1) is 0 Å². The molecule has 0 saturated heterocycles. The maximum Gasteiger partial charge on any atom is 0.305 e. The Hall–Kier alpha value is -5.74. The van der Waals surface area contributed by atoms with Gasteiger partial charge < -0.3 is 19.4 Å². The van der Waals surface area contributed by atoms with Crippen LogP contribution in [-0.4, -0.2) is 46.1 Å². The van der Waals surface area contributed by atoms with E-state index in [0.717, 1.165) is 78.0 Å². The second kappa shape index (κ2) is 14.8. The largest absolute Gasteiger partial charge is 0.469 e. The monoisotopic (exact) mass is 670 g/mol. The first kappa shape index (κ1) is 35.6. The molecule has 50 heavy (non-hydrogen) atoms. The summed E-state index contributed by atoms with van der Waals surface area (Å²) in [7, 11) is 2.77. The summed E-state index contributed by atoms with van der Waals surface area (Å²) in [6, 6.07) is 10.1. The van der Waals surface area contributed by atoms with E-state index in [1.54, 1.807) is 6.08 Å². The number of carbonyl (C=O) groups excluding carboxylic acids is 2. The van der Waals surface area contributed by atoms with Crippen molar-refractivity contribution in [2.75, 3.05) is 14.2 Å². The highest BCUT2D eigenvalue weighted by Crippen LogP contribution is 2.40. The number of hydrogen-bond acceptors (Lipinski definition) is 8. The lowest BCUT2D eigenvalue weighted by Crippen LogP contribution is -2.02. The van der Waals surface area contributed by atoms with Gasteiger partial charge in [-0.1, -0.05) is 13.8 Å². The molecule has 5 rings (SSSR count). The van der Waals surface area contributed by atoms with E-state index in [4.69, 9.17) is 19.4 Å². The predicted octanol–water partition coefficient (Wildman–Crippen LogP) is 8.25. The molecular weight excluding hydrogens is 628 g/mol. The smallest absolute Gasteiger partial charge is 0.305 e. The molecule has 256 valence electrons. The van der Waals surface area contributed by atoms with Crippen molar-refractivity contribution in [1.29, 1.82) is 10.5 Å². The highest BCUT2D eigenvalue weighted by Gasteiger charge is 2.25. The Bertz CT molecular complexity index is 2250. The number of nitrogens with zero attached hydrogens (tertiary/aromatic N) is 4. The third-order valence-electron chi connectivity index (χ3n) is 9.82. The normalized spacial score (nSPS) is 12.4. The topological polar surface area (TPSA) is 158 Å². The number of esters is 2. The molecule has 0 amide bonds. The Morgan fingerprint density at radius 3 is 1.70 bits per heavy atom. The number of aromatic nitrogens is 4. The van der Waals surface area contributed by atoms with Crippen LogP contribution in [0.4, 0.5) is 0 Å². The van der Waals surface area contributed by atoms with Crippen LogP contribution in [0, 0.1) is 36.5 Å². The second-order valence-corrected chi connectivity index (χ2v) is 12.5. The average Bonchev–Trinajstić information content (AvgIpc) is 3.79. The molecule has 10 nitrogen and oxygen atoms in total. The van der Waals surface area contributed by atoms with Crippen LogP contribution in [0.15, 0.2) is 23.8 Å². The minimum Gasteiger partial charge on any atom is -0.469 e. The summed E-state index contributed by atoms with van der Waals surface area (Å²) in [5, 5.41) is 19.7. The first-order chi connectivity index (χ1) is 24.0. The van der Waals surface area contributed by atoms with Crippen molar-refractivity contribution in [2.45, 2.75) is 80.1 Å². The van der Waals surface area contributed by atoms with Crippen LogP contribution in [0.25, 0.3) is 50.4 Å². The Labute approximate surface area is 292 Å². The standard InChI is InChI=1S/C40H42N6O4/c1-9-26-24(6)39-30(15-25(19-41)20-42)40-27(10-2)21(3)33(45-40)16-31-22(4)28(11-13-37(47)49-7)35(43-31)18-36-29(12-14-38(48)50-8)23(5)32(44-36)17-34(26)46-39/h15-18,43-44H,9-14H2,1-8H3. The minimum atomic E-state index is -0.300. The highest BCUT2D eigenvalue weighted by atomic mass is 16.5. The fraction of sp³-hybridized carbons (Fsp3) is 0.350. The van der Waals surface area contributed by atoms with Gasteiger partial charge in [-0.25, -0.2) is 9.97 Å². The lowest BCUT2D eigenvalue weighted by Gasteiger charge is -2.07. The van der Waals surface area contributed by atoms with Crippen LogP contribution >= 0.6 is 0 Å². The molecule has 0 radical (unpaired) electrons. The van der Waals surface area contributed by atoms with Crippen LogP contribution in [0.5, 0.6) is 0 Å². The first-order valence-electron chi connectivity index (χ1n) is 16.8. The first-order valence-corrected chi connectivity index (χ1v) is 16.8. The van der Waals surface area contributed by atoms with Gasteiger partial charge in [-0.05, 0) is 122 Å². The van der Waals surface area contributed by atoms with E-state index >= 15 is 0 Å². The van der Waals surface area contributed by atoms with Crippen LogP contribution < -0.4 is 0 Å². The number of allylic oxidation sites excluding steroid dienone is 5. The van der Waals surface area contributed by atoms with E-state index in [9.17, 15) is 20.1 Å². The maximum absolute atomic E-state index is 12.3. The molecule has 3 aromatic rings. The highest BCUT2D eigenvalue weighted by molar-refractivity contribution is 5.99. The van der Waals surface area contributed by atoms with Crippen LogP contribution in [0.1, 0.15) is 104 Å². The van der Waals surface area contributed by atoms with Crippen molar-refractivity contribution in [1.82, 2.24) is 19.9 Å². The molecular formula is C40H42N6O4. The summed E-state index contributed by atoms with van der Waals surface area (Å²) in [6.45, 7) is 12.3. The second-order valence-electron chi connectivity index (χ2n) is 12.5. The van der Waals surface area contributed by atoms with Crippen molar-refractivity contribution in [3.05, 3.63) is 74.4 Å². The van der Waals surface area contributed by atoms with Crippen molar-refractivity contribution in [3.8, 4) is 12.1 Å². The molecule has 0 saturated carbocycles. The number of fused-ring (bicyclic) bond motifs is 8. The number of nitrogens with one attached hydrogen (secondary N) is 2. The zero-order valence-corrected chi connectivity index (χ0v) is 30.0. The van der Waals surface area contributed by atoms with Gasteiger partial charge in [0.25, 0.3) is 0 Å². The van der Waals surface area contributed by atoms with Gasteiger partial charge in [0.1, 0.15) is 17.7 Å². The molecule has 2 aliphatic rings. The number of carbonyl (C=O) groups is 2. The van der Waals surface area contributed by atoms with E-state index < -0.39 is 0 Å². The SMILES string of the molecule is CCC1=C(C)c2nc1cc1[nH]c(cc3[nH]c(cc4nc(c2C=C(C#N)C#N)C(CC)=C4C)c(C)c3CCC(=O)OC)c(CCC(=O)OC)c1C. The number of methoxy groups -OCH3 is 2. The zero-order valence-electron chi connectivity index (χ0n) is 30.0. The van der Waals surface area contributed by atoms with E-state index in [1.807, 2.05) is 58.0 Å². The Morgan fingerprint density at radius 1 is 0.720 bits per heavy atom. The third-order valence-corrected chi connectivity index (χ3v) is 9.82. The van der Waals surface area contributed by atoms with Gasteiger partial charge in [0, 0.05) is 40.5 Å². The molecule has 3 aromatic heterocycles. The molecule has 0 aliphatic carbocycles. The lowest BCUT2D eigenvalue weighted by molar-refractivity contribution is -0.141. The lowest BCUT2D eigenvalue weighted by atomic mass is 9.95. The van der Waals surface area contributed by atoms with Crippen LogP contribution in [-0.2, 0) is 31.9 Å². The number of ether oxygens (including phenoxy) is 2. The molecule has 2 aliphatic heterocycles. The van der Waals surface area contributed by atoms with Gasteiger partial charge in [0.2, 0.25) is 0 Å². The van der Waals surface area contributed by atoms with E-state index in [-0.39, 0.29) is 30.4 Å².